The Morgan fingerprint density at radius 2 is 2.23 bits per heavy atom. The SMILES string of the molecule is Cc1cc(F)ccc1N1C[C@@]23C=C[C@@H](O2)C(C(=O)N(C)Cc2cnccn2)C3C1=O. The van der Waals surface area contributed by atoms with Gasteiger partial charge >= 0.3 is 0 Å². The van der Waals surface area contributed by atoms with E-state index >= 15 is 0 Å². The Balaban J connectivity index is 1.43. The van der Waals surface area contributed by atoms with Gasteiger partial charge in [0.2, 0.25) is 11.8 Å². The summed E-state index contributed by atoms with van der Waals surface area (Å²) < 4.78 is 19.7. The topological polar surface area (TPSA) is 75.6 Å². The molecule has 4 atom stereocenters. The summed E-state index contributed by atoms with van der Waals surface area (Å²) in [6.45, 7) is 2.38. The van der Waals surface area contributed by atoms with E-state index in [1.54, 1.807) is 48.4 Å². The number of carbonyl (C=O) groups excluding carboxylic acids is 2. The first-order chi connectivity index (χ1) is 14.4. The lowest BCUT2D eigenvalue weighted by atomic mass is 9.76. The highest BCUT2D eigenvalue weighted by Crippen LogP contribution is 2.53. The van der Waals surface area contributed by atoms with Crippen molar-refractivity contribution in [1.29, 1.82) is 0 Å². The van der Waals surface area contributed by atoms with E-state index < -0.39 is 23.5 Å². The predicted octanol–water partition coefficient (Wildman–Crippen LogP) is 1.87. The van der Waals surface area contributed by atoms with E-state index in [1.165, 1.54) is 12.1 Å². The monoisotopic (exact) mass is 408 g/mol. The van der Waals surface area contributed by atoms with Gasteiger partial charge in [-0.05, 0) is 30.7 Å². The first kappa shape index (κ1) is 18.9. The third kappa shape index (κ3) is 2.74. The van der Waals surface area contributed by atoms with Crippen molar-refractivity contribution >= 4 is 17.5 Å². The summed E-state index contributed by atoms with van der Waals surface area (Å²) in [5.74, 6) is -1.88. The summed E-state index contributed by atoms with van der Waals surface area (Å²) in [4.78, 5) is 38.2. The van der Waals surface area contributed by atoms with E-state index in [4.69, 9.17) is 4.74 Å². The number of aryl methyl sites for hydroxylation is 1. The highest BCUT2D eigenvalue weighted by Gasteiger charge is 2.67. The van der Waals surface area contributed by atoms with Crippen molar-refractivity contribution in [1.82, 2.24) is 14.9 Å². The number of anilines is 1. The number of fused-ring (bicyclic) bond motifs is 1. The number of benzene rings is 1. The summed E-state index contributed by atoms with van der Waals surface area (Å²) in [6.07, 6.45) is 8.13. The number of hydrogen-bond acceptors (Lipinski definition) is 5. The molecule has 1 aromatic carbocycles. The summed E-state index contributed by atoms with van der Waals surface area (Å²) in [5, 5.41) is 0. The molecule has 3 aliphatic rings. The highest BCUT2D eigenvalue weighted by atomic mass is 19.1. The molecular formula is C22H21FN4O3. The van der Waals surface area contributed by atoms with Crippen molar-refractivity contribution in [3.05, 3.63) is 66.0 Å². The zero-order valence-corrected chi connectivity index (χ0v) is 16.7. The van der Waals surface area contributed by atoms with E-state index in [1.807, 2.05) is 12.2 Å². The first-order valence-electron chi connectivity index (χ1n) is 9.84. The fourth-order valence-corrected chi connectivity index (χ4v) is 4.89. The number of halogens is 1. The molecule has 0 radical (unpaired) electrons. The van der Waals surface area contributed by atoms with Crippen molar-refractivity contribution in [2.75, 3.05) is 18.5 Å². The quantitative estimate of drug-likeness (QED) is 0.722. The number of carbonyl (C=O) groups is 2. The van der Waals surface area contributed by atoms with Crippen molar-refractivity contribution in [3.8, 4) is 0 Å². The van der Waals surface area contributed by atoms with Crippen molar-refractivity contribution in [3.63, 3.8) is 0 Å². The molecule has 0 aliphatic carbocycles. The zero-order valence-electron chi connectivity index (χ0n) is 16.7. The van der Waals surface area contributed by atoms with Gasteiger partial charge in [0.1, 0.15) is 11.4 Å². The largest absolute Gasteiger partial charge is 0.360 e. The van der Waals surface area contributed by atoms with Gasteiger partial charge in [-0.15, -0.1) is 0 Å². The van der Waals surface area contributed by atoms with Crippen LogP contribution in [0.5, 0.6) is 0 Å². The van der Waals surface area contributed by atoms with Gasteiger partial charge in [-0.2, -0.15) is 0 Å². The second kappa shape index (κ2) is 6.70. The van der Waals surface area contributed by atoms with Crippen LogP contribution in [0.2, 0.25) is 0 Å². The number of aromatic nitrogens is 2. The zero-order chi connectivity index (χ0) is 21.0. The summed E-state index contributed by atoms with van der Waals surface area (Å²) in [6, 6.07) is 4.35. The molecule has 8 heteroatoms. The van der Waals surface area contributed by atoms with Crippen LogP contribution in [0.25, 0.3) is 0 Å². The second-order valence-corrected chi connectivity index (χ2v) is 8.15. The van der Waals surface area contributed by atoms with Crippen molar-refractivity contribution in [2.24, 2.45) is 11.8 Å². The van der Waals surface area contributed by atoms with Crippen molar-refractivity contribution < 1.29 is 18.7 Å². The molecule has 30 heavy (non-hydrogen) atoms. The van der Waals surface area contributed by atoms with Crippen LogP contribution in [0.3, 0.4) is 0 Å². The van der Waals surface area contributed by atoms with Crippen molar-refractivity contribution in [2.45, 2.75) is 25.2 Å². The molecule has 0 N–H and O–H groups in total. The molecule has 1 aromatic heterocycles. The lowest BCUT2D eigenvalue weighted by Crippen LogP contribution is -2.44. The van der Waals surface area contributed by atoms with Gasteiger partial charge in [0.15, 0.2) is 0 Å². The van der Waals surface area contributed by atoms with Crippen LogP contribution in [0.15, 0.2) is 48.9 Å². The minimum Gasteiger partial charge on any atom is -0.360 e. The highest BCUT2D eigenvalue weighted by molar-refractivity contribution is 6.03. The number of amides is 2. The van der Waals surface area contributed by atoms with Gasteiger partial charge < -0.3 is 14.5 Å². The Labute approximate surface area is 173 Å². The first-order valence-corrected chi connectivity index (χ1v) is 9.84. The Kier molecular flexibility index (Phi) is 4.21. The third-order valence-electron chi connectivity index (χ3n) is 6.23. The van der Waals surface area contributed by atoms with Gasteiger partial charge in [0, 0.05) is 25.1 Å². The lowest BCUT2D eigenvalue weighted by Gasteiger charge is -2.27. The summed E-state index contributed by atoms with van der Waals surface area (Å²) >= 11 is 0. The molecule has 1 spiro atoms. The van der Waals surface area contributed by atoms with Crippen LogP contribution in [-0.2, 0) is 20.9 Å². The third-order valence-corrected chi connectivity index (χ3v) is 6.23. The Morgan fingerprint density at radius 1 is 1.40 bits per heavy atom. The molecule has 5 rings (SSSR count). The standard InChI is InChI=1S/C22H21FN4O3/c1-13-9-14(23)3-4-16(13)27-12-22-6-5-17(30-22)18(19(22)21(27)29)20(28)26(2)11-15-10-24-7-8-25-15/h3-10,17-19H,11-12H2,1-2H3/t17-,18?,19?,22-/m1/s1. The summed E-state index contributed by atoms with van der Waals surface area (Å²) in [7, 11) is 1.70. The maximum absolute atomic E-state index is 13.5. The Morgan fingerprint density at radius 3 is 2.97 bits per heavy atom. The maximum atomic E-state index is 13.5. The predicted molar refractivity (Wildman–Crippen MR) is 106 cm³/mol. The van der Waals surface area contributed by atoms with Crippen LogP contribution in [0.4, 0.5) is 10.1 Å². The molecule has 2 unspecified atom stereocenters. The van der Waals surface area contributed by atoms with Crippen LogP contribution >= 0.6 is 0 Å². The Bertz CT molecular complexity index is 1060. The van der Waals surface area contributed by atoms with E-state index in [2.05, 4.69) is 9.97 Å². The molecule has 154 valence electrons. The Hall–Kier alpha value is -3.13. The fraction of sp³-hybridized carbons (Fsp3) is 0.364. The number of hydrogen-bond donors (Lipinski definition) is 0. The van der Waals surface area contributed by atoms with E-state index in [9.17, 15) is 14.0 Å². The fourth-order valence-electron chi connectivity index (χ4n) is 4.89. The second-order valence-electron chi connectivity index (χ2n) is 8.15. The molecule has 2 bridgehead atoms. The van der Waals surface area contributed by atoms with E-state index in [0.717, 1.165) is 0 Å². The van der Waals surface area contributed by atoms with Gasteiger partial charge in [-0.3, -0.25) is 19.6 Å². The average molecular weight is 408 g/mol. The van der Waals surface area contributed by atoms with Crippen LogP contribution < -0.4 is 4.90 Å². The molecule has 2 aromatic rings. The summed E-state index contributed by atoms with van der Waals surface area (Å²) in [5.41, 5.74) is 1.16. The minimum atomic E-state index is -0.823. The number of ether oxygens (including phenoxy) is 1. The normalized spacial score (nSPS) is 28.8. The molecule has 7 nitrogen and oxygen atoms in total. The average Bonchev–Trinajstić information content (AvgIpc) is 3.36. The molecule has 3 aliphatic heterocycles. The lowest BCUT2D eigenvalue weighted by molar-refractivity contribution is -0.139. The smallest absolute Gasteiger partial charge is 0.234 e. The van der Waals surface area contributed by atoms with E-state index in [-0.39, 0.29) is 17.6 Å². The molecule has 2 saturated heterocycles. The molecule has 2 amide bonds. The minimum absolute atomic E-state index is 0.159. The molecule has 4 heterocycles. The number of nitrogens with zero attached hydrogens (tertiary/aromatic N) is 4. The van der Waals surface area contributed by atoms with Gasteiger partial charge in [0.25, 0.3) is 0 Å². The van der Waals surface area contributed by atoms with E-state index in [0.29, 0.717) is 30.0 Å². The van der Waals surface area contributed by atoms with Crippen LogP contribution in [-0.4, -0.2) is 52.0 Å². The van der Waals surface area contributed by atoms with Gasteiger partial charge in [0.05, 0.1) is 42.9 Å². The molecule has 2 fully saturated rings. The molecule has 0 saturated carbocycles. The molecular weight excluding hydrogens is 387 g/mol. The van der Waals surface area contributed by atoms with Gasteiger partial charge in [-0.25, -0.2) is 4.39 Å². The van der Waals surface area contributed by atoms with Crippen LogP contribution in [0.1, 0.15) is 11.3 Å². The number of rotatable bonds is 4. The van der Waals surface area contributed by atoms with Gasteiger partial charge in [-0.1, -0.05) is 12.2 Å². The maximum Gasteiger partial charge on any atom is 0.234 e. The van der Waals surface area contributed by atoms with Crippen LogP contribution in [0, 0.1) is 24.6 Å².